The lowest BCUT2D eigenvalue weighted by atomic mass is 9.92. The Labute approximate surface area is 91.9 Å². The van der Waals surface area contributed by atoms with Crippen molar-refractivity contribution in [3.05, 3.63) is 29.8 Å². The van der Waals surface area contributed by atoms with Gasteiger partial charge in [-0.05, 0) is 25.0 Å². The lowest BCUT2D eigenvalue weighted by molar-refractivity contribution is 0.0499. The molecule has 1 rings (SSSR count). The summed E-state index contributed by atoms with van der Waals surface area (Å²) in [5, 5.41) is 10.1. The van der Waals surface area contributed by atoms with E-state index in [-0.39, 0.29) is 0 Å². The van der Waals surface area contributed by atoms with Crippen LogP contribution >= 0.6 is 0 Å². The summed E-state index contributed by atoms with van der Waals surface area (Å²) >= 11 is 0. The smallest absolute Gasteiger partial charge is 0.122 e. The van der Waals surface area contributed by atoms with E-state index < -0.39 is 5.60 Å². The Morgan fingerprint density at radius 3 is 2.60 bits per heavy atom. The van der Waals surface area contributed by atoms with Crippen molar-refractivity contribution in [3.8, 4) is 5.75 Å². The van der Waals surface area contributed by atoms with Gasteiger partial charge in [0.1, 0.15) is 5.75 Å². The van der Waals surface area contributed by atoms with Crippen LogP contribution < -0.4 is 4.74 Å². The molecule has 84 valence electrons. The summed E-state index contributed by atoms with van der Waals surface area (Å²) in [6, 6.07) is 7.84. The third-order valence-electron chi connectivity index (χ3n) is 2.55. The zero-order chi connectivity index (χ0) is 11.3. The van der Waals surface area contributed by atoms with Crippen LogP contribution in [0.5, 0.6) is 5.75 Å². The number of methoxy groups -OCH3 is 1. The molecule has 1 aromatic carbocycles. The Morgan fingerprint density at radius 2 is 2.00 bits per heavy atom. The lowest BCUT2D eigenvalue weighted by Gasteiger charge is -2.23. The molecule has 0 radical (unpaired) electrons. The number of benzene rings is 1. The molecular formula is C13H20O2. The molecule has 1 unspecified atom stereocenters. The van der Waals surface area contributed by atoms with Crippen LogP contribution in [-0.4, -0.2) is 17.8 Å². The molecule has 2 heteroatoms. The van der Waals surface area contributed by atoms with Gasteiger partial charge in [-0.25, -0.2) is 0 Å². The molecule has 0 spiro atoms. The number of rotatable bonds is 5. The maximum Gasteiger partial charge on any atom is 0.122 e. The maximum absolute atomic E-state index is 10.1. The fraction of sp³-hybridized carbons (Fsp3) is 0.538. The molecule has 0 aliphatic carbocycles. The first-order valence-corrected chi connectivity index (χ1v) is 5.43. The highest BCUT2D eigenvalue weighted by atomic mass is 16.5. The van der Waals surface area contributed by atoms with Crippen molar-refractivity contribution in [2.45, 2.75) is 38.7 Å². The summed E-state index contributed by atoms with van der Waals surface area (Å²) in [6.07, 6.45) is 2.44. The summed E-state index contributed by atoms with van der Waals surface area (Å²) in [5.41, 5.74) is 0.432. The average Bonchev–Trinajstić information content (AvgIpc) is 2.17. The van der Waals surface area contributed by atoms with E-state index in [1.54, 1.807) is 7.11 Å². The van der Waals surface area contributed by atoms with Gasteiger partial charge in [0.25, 0.3) is 0 Å². The molecule has 1 atom stereocenters. The summed E-state index contributed by atoms with van der Waals surface area (Å²) in [6.45, 7) is 3.96. The third kappa shape index (κ3) is 3.56. The SMILES string of the molecule is CCCC(C)(O)Cc1ccccc1OC. The van der Waals surface area contributed by atoms with E-state index in [9.17, 15) is 5.11 Å². The summed E-state index contributed by atoms with van der Waals surface area (Å²) in [5.74, 6) is 0.855. The van der Waals surface area contributed by atoms with Crippen molar-refractivity contribution in [1.29, 1.82) is 0 Å². The van der Waals surface area contributed by atoms with Crippen LogP contribution in [0.4, 0.5) is 0 Å². The monoisotopic (exact) mass is 208 g/mol. The van der Waals surface area contributed by atoms with Gasteiger partial charge in [0, 0.05) is 6.42 Å². The Bertz CT molecular complexity index is 305. The molecular weight excluding hydrogens is 188 g/mol. The van der Waals surface area contributed by atoms with E-state index >= 15 is 0 Å². The third-order valence-corrected chi connectivity index (χ3v) is 2.55. The van der Waals surface area contributed by atoms with Crippen LogP contribution in [0.25, 0.3) is 0 Å². The molecule has 0 saturated carbocycles. The summed E-state index contributed by atoms with van der Waals surface area (Å²) in [4.78, 5) is 0. The molecule has 0 heterocycles. The molecule has 1 N–H and O–H groups in total. The number of hydrogen-bond donors (Lipinski definition) is 1. The average molecular weight is 208 g/mol. The van der Waals surface area contributed by atoms with Gasteiger partial charge >= 0.3 is 0 Å². The molecule has 2 nitrogen and oxygen atoms in total. The van der Waals surface area contributed by atoms with Crippen molar-refractivity contribution in [2.24, 2.45) is 0 Å². The standard InChI is InChI=1S/C13H20O2/c1-4-9-13(2,14)10-11-7-5-6-8-12(11)15-3/h5-8,14H,4,9-10H2,1-3H3. The van der Waals surface area contributed by atoms with E-state index in [0.717, 1.165) is 24.2 Å². The molecule has 1 aromatic rings. The second-order valence-electron chi connectivity index (χ2n) is 4.24. The second-order valence-corrected chi connectivity index (χ2v) is 4.24. The minimum absolute atomic E-state index is 0.636. The molecule has 0 bridgehead atoms. The van der Waals surface area contributed by atoms with Crippen molar-refractivity contribution in [2.75, 3.05) is 7.11 Å². The topological polar surface area (TPSA) is 29.5 Å². The van der Waals surface area contributed by atoms with Crippen LogP contribution in [0.2, 0.25) is 0 Å². The highest BCUT2D eigenvalue weighted by molar-refractivity contribution is 5.34. The van der Waals surface area contributed by atoms with Gasteiger partial charge in [-0.1, -0.05) is 31.5 Å². The highest BCUT2D eigenvalue weighted by Crippen LogP contribution is 2.25. The van der Waals surface area contributed by atoms with Crippen molar-refractivity contribution in [3.63, 3.8) is 0 Å². The van der Waals surface area contributed by atoms with Gasteiger partial charge < -0.3 is 9.84 Å². The number of para-hydroxylation sites is 1. The molecule has 0 aliphatic heterocycles. The van der Waals surface area contributed by atoms with Gasteiger partial charge in [0.15, 0.2) is 0 Å². The van der Waals surface area contributed by atoms with Gasteiger partial charge in [0.05, 0.1) is 12.7 Å². The number of ether oxygens (including phenoxy) is 1. The molecule has 0 aliphatic rings. The first-order chi connectivity index (χ1) is 7.09. The van der Waals surface area contributed by atoms with Crippen LogP contribution in [0.15, 0.2) is 24.3 Å². The second kappa shape index (κ2) is 5.17. The Balaban J connectivity index is 2.79. The van der Waals surface area contributed by atoms with Crippen molar-refractivity contribution >= 4 is 0 Å². The van der Waals surface area contributed by atoms with E-state index in [1.807, 2.05) is 31.2 Å². The lowest BCUT2D eigenvalue weighted by Crippen LogP contribution is -2.26. The highest BCUT2D eigenvalue weighted by Gasteiger charge is 2.21. The molecule has 0 aromatic heterocycles. The van der Waals surface area contributed by atoms with Gasteiger partial charge in [0.2, 0.25) is 0 Å². The zero-order valence-electron chi connectivity index (χ0n) is 9.79. The Hall–Kier alpha value is -1.02. The first kappa shape index (κ1) is 12.1. The first-order valence-electron chi connectivity index (χ1n) is 5.43. The summed E-state index contributed by atoms with van der Waals surface area (Å²) in [7, 11) is 1.66. The minimum Gasteiger partial charge on any atom is -0.496 e. The van der Waals surface area contributed by atoms with E-state index in [2.05, 4.69) is 6.92 Å². The predicted molar refractivity (Wildman–Crippen MR) is 62.2 cm³/mol. The van der Waals surface area contributed by atoms with Gasteiger partial charge in [-0.2, -0.15) is 0 Å². The minimum atomic E-state index is -0.636. The molecule has 0 saturated heterocycles. The summed E-state index contributed by atoms with van der Waals surface area (Å²) < 4.78 is 5.26. The zero-order valence-corrected chi connectivity index (χ0v) is 9.79. The van der Waals surface area contributed by atoms with Crippen molar-refractivity contribution in [1.82, 2.24) is 0 Å². The normalized spacial score (nSPS) is 14.7. The Kier molecular flexibility index (Phi) is 4.15. The Morgan fingerprint density at radius 1 is 1.33 bits per heavy atom. The predicted octanol–water partition coefficient (Wildman–Crippen LogP) is 2.79. The van der Waals surface area contributed by atoms with E-state index in [4.69, 9.17) is 4.74 Å². The van der Waals surface area contributed by atoms with Crippen molar-refractivity contribution < 1.29 is 9.84 Å². The van der Waals surface area contributed by atoms with Crippen LogP contribution in [0.1, 0.15) is 32.3 Å². The molecule has 0 amide bonds. The number of hydrogen-bond acceptors (Lipinski definition) is 2. The van der Waals surface area contributed by atoms with Crippen LogP contribution in [0, 0.1) is 0 Å². The largest absolute Gasteiger partial charge is 0.496 e. The van der Waals surface area contributed by atoms with Crippen LogP contribution in [0.3, 0.4) is 0 Å². The van der Waals surface area contributed by atoms with E-state index in [0.29, 0.717) is 6.42 Å². The van der Waals surface area contributed by atoms with Crippen LogP contribution in [-0.2, 0) is 6.42 Å². The fourth-order valence-electron chi connectivity index (χ4n) is 1.89. The fourth-order valence-corrected chi connectivity index (χ4v) is 1.89. The number of aliphatic hydroxyl groups is 1. The quantitative estimate of drug-likeness (QED) is 0.806. The van der Waals surface area contributed by atoms with E-state index in [1.165, 1.54) is 0 Å². The molecule has 0 fully saturated rings. The van der Waals surface area contributed by atoms with Gasteiger partial charge in [-0.3, -0.25) is 0 Å². The van der Waals surface area contributed by atoms with Gasteiger partial charge in [-0.15, -0.1) is 0 Å². The molecule has 15 heavy (non-hydrogen) atoms. The maximum atomic E-state index is 10.1.